The Kier molecular flexibility index (Phi) is 1.02. The quantitative estimate of drug-likeness (QED) is 0.513. The number of fused-ring (bicyclic) bond motifs is 1. The third kappa shape index (κ3) is 0.733. The molecule has 0 atom stereocenters. The Bertz CT molecular complexity index is 186. The van der Waals surface area contributed by atoms with E-state index in [1.807, 2.05) is 0 Å². The highest BCUT2D eigenvalue weighted by Gasteiger charge is 2.12. The van der Waals surface area contributed by atoms with Crippen molar-refractivity contribution in [1.82, 2.24) is 5.16 Å². The first-order valence-electron chi connectivity index (χ1n) is 2.97. The van der Waals surface area contributed by atoms with Crippen LogP contribution in [-0.4, -0.2) is 11.8 Å². The molecule has 0 amide bonds. The maximum atomic E-state index is 5.12. The summed E-state index contributed by atoms with van der Waals surface area (Å²) in [4.78, 5) is 0. The first-order valence-corrected chi connectivity index (χ1v) is 2.97. The molecule has 48 valence electrons. The molecule has 0 saturated heterocycles. The van der Waals surface area contributed by atoms with Crippen LogP contribution in [0.3, 0.4) is 0 Å². The summed E-state index contributed by atoms with van der Waals surface area (Å²) in [5, 5.41) is 3.65. The molecule has 1 aromatic rings. The largest absolute Gasteiger partial charge is 0.373 e. The second-order valence-electron chi connectivity index (χ2n) is 2.08. The molecule has 1 aromatic heterocycles. The van der Waals surface area contributed by atoms with Crippen LogP contribution in [0.1, 0.15) is 11.3 Å². The number of aromatic nitrogens is 1. The van der Waals surface area contributed by atoms with Crippen molar-refractivity contribution in [2.24, 2.45) is 0 Å². The molecule has 0 unspecified atom stereocenters. The van der Waals surface area contributed by atoms with Crippen LogP contribution in [0.15, 0.2) is 10.7 Å². The van der Waals surface area contributed by atoms with Gasteiger partial charge in [-0.2, -0.15) is 0 Å². The fraction of sp³-hybridized carbons (Fsp3) is 0.500. The lowest BCUT2D eigenvalue weighted by Gasteiger charge is -2.07. The Morgan fingerprint density at radius 1 is 1.56 bits per heavy atom. The van der Waals surface area contributed by atoms with Crippen LogP contribution in [0.5, 0.6) is 0 Å². The van der Waals surface area contributed by atoms with Gasteiger partial charge in [0.15, 0.2) is 5.76 Å². The molecule has 0 aliphatic carbocycles. The average Bonchev–Trinajstić information content (AvgIpc) is 2.33. The predicted molar refractivity (Wildman–Crippen MR) is 29.9 cm³/mol. The van der Waals surface area contributed by atoms with Gasteiger partial charge in [-0.15, -0.1) is 0 Å². The van der Waals surface area contributed by atoms with Crippen molar-refractivity contribution < 1.29 is 9.26 Å². The second kappa shape index (κ2) is 1.84. The van der Waals surface area contributed by atoms with E-state index in [0.717, 1.165) is 18.8 Å². The van der Waals surface area contributed by atoms with Crippen LogP contribution in [-0.2, 0) is 17.8 Å². The van der Waals surface area contributed by atoms with E-state index >= 15 is 0 Å². The van der Waals surface area contributed by atoms with Gasteiger partial charge in [-0.1, -0.05) is 5.16 Å². The lowest BCUT2D eigenvalue weighted by atomic mass is 10.2. The zero-order valence-corrected chi connectivity index (χ0v) is 4.96. The van der Waals surface area contributed by atoms with Crippen LogP contribution in [0.2, 0.25) is 0 Å². The summed E-state index contributed by atoms with van der Waals surface area (Å²) < 4.78 is 10.0. The zero-order chi connectivity index (χ0) is 6.10. The lowest BCUT2D eigenvalue weighted by Crippen LogP contribution is -2.06. The van der Waals surface area contributed by atoms with E-state index in [-0.39, 0.29) is 0 Å². The Morgan fingerprint density at radius 3 is 3.44 bits per heavy atom. The predicted octanol–water partition coefficient (Wildman–Crippen LogP) is 0.747. The molecule has 0 bridgehead atoms. The van der Waals surface area contributed by atoms with Gasteiger partial charge in [-0.3, -0.25) is 0 Å². The van der Waals surface area contributed by atoms with E-state index in [1.165, 1.54) is 5.56 Å². The minimum Gasteiger partial charge on any atom is -0.373 e. The Morgan fingerprint density at radius 2 is 2.56 bits per heavy atom. The second-order valence-corrected chi connectivity index (χ2v) is 2.08. The van der Waals surface area contributed by atoms with Crippen molar-refractivity contribution in [3.8, 4) is 0 Å². The van der Waals surface area contributed by atoms with E-state index in [1.54, 1.807) is 6.20 Å². The van der Waals surface area contributed by atoms with Crippen molar-refractivity contribution in [2.75, 3.05) is 6.61 Å². The number of hydrogen-bond acceptors (Lipinski definition) is 3. The molecule has 2 rings (SSSR count). The summed E-state index contributed by atoms with van der Waals surface area (Å²) in [6, 6.07) is 0. The smallest absolute Gasteiger partial charge is 0.165 e. The third-order valence-corrected chi connectivity index (χ3v) is 1.48. The van der Waals surface area contributed by atoms with Crippen molar-refractivity contribution >= 4 is 0 Å². The first-order chi connectivity index (χ1) is 4.47. The van der Waals surface area contributed by atoms with E-state index < -0.39 is 0 Å². The van der Waals surface area contributed by atoms with E-state index in [0.29, 0.717) is 6.61 Å². The van der Waals surface area contributed by atoms with E-state index in [9.17, 15) is 0 Å². The van der Waals surface area contributed by atoms with Crippen LogP contribution in [0.25, 0.3) is 0 Å². The zero-order valence-electron chi connectivity index (χ0n) is 4.96. The van der Waals surface area contributed by atoms with Gasteiger partial charge in [-0.25, -0.2) is 0 Å². The third-order valence-electron chi connectivity index (χ3n) is 1.48. The van der Waals surface area contributed by atoms with E-state index in [2.05, 4.69) is 5.16 Å². The normalized spacial score (nSPS) is 17.3. The molecule has 0 N–H and O–H groups in total. The van der Waals surface area contributed by atoms with Gasteiger partial charge in [0.2, 0.25) is 0 Å². The van der Waals surface area contributed by atoms with Crippen molar-refractivity contribution in [3.63, 3.8) is 0 Å². The highest BCUT2D eigenvalue weighted by atomic mass is 16.5. The summed E-state index contributed by atoms with van der Waals surface area (Å²) in [6.45, 7) is 1.39. The molecular weight excluding hydrogens is 118 g/mol. The summed E-state index contributed by atoms with van der Waals surface area (Å²) in [6.07, 6.45) is 2.71. The Labute approximate surface area is 52.6 Å². The molecule has 3 heteroatoms. The molecule has 0 radical (unpaired) electrons. The van der Waals surface area contributed by atoms with Gasteiger partial charge in [-0.05, 0) is 0 Å². The highest BCUT2D eigenvalue weighted by molar-refractivity contribution is 5.14. The molecular formula is C6H7NO2. The number of rotatable bonds is 0. The topological polar surface area (TPSA) is 35.3 Å². The molecule has 0 saturated carbocycles. The lowest BCUT2D eigenvalue weighted by molar-refractivity contribution is 0.0894. The van der Waals surface area contributed by atoms with Gasteiger partial charge < -0.3 is 9.26 Å². The summed E-state index contributed by atoms with van der Waals surface area (Å²) in [7, 11) is 0. The highest BCUT2D eigenvalue weighted by Crippen LogP contribution is 2.14. The molecule has 0 fully saturated rings. The average molecular weight is 125 g/mol. The monoisotopic (exact) mass is 125 g/mol. The van der Waals surface area contributed by atoms with Crippen LogP contribution in [0.4, 0.5) is 0 Å². The van der Waals surface area contributed by atoms with Crippen LogP contribution < -0.4 is 0 Å². The molecule has 9 heavy (non-hydrogen) atoms. The molecule has 2 heterocycles. The Balaban J connectivity index is 2.39. The molecule has 1 aliphatic heterocycles. The molecule has 0 aromatic carbocycles. The number of hydrogen-bond donors (Lipinski definition) is 0. The SMILES string of the molecule is c1noc2c1CCOC2. The molecule has 1 aliphatic rings. The van der Waals surface area contributed by atoms with Crippen molar-refractivity contribution in [3.05, 3.63) is 17.5 Å². The Hall–Kier alpha value is -0.830. The standard InChI is InChI=1S/C6H7NO2/c1-2-8-4-6-5(1)3-7-9-6/h3H,1-2,4H2. The molecule has 0 spiro atoms. The fourth-order valence-electron chi connectivity index (χ4n) is 0.954. The number of ether oxygens (including phenoxy) is 1. The molecule has 3 nitrogen and oxygen atoms in total. The summed E-state index contributed by atoms with van der Waals surface area (Å²) in [5.41, 5.74) is 1.20. The van der Waals surface area contributed by atoms with Gasteiger partial charge in [0.05, 0.1) is 12.8 Å². The first kappa shape index (κ1) is 4.99. The van der Waals surface area contributed by atoms with Crippen LogP contribution in [0, 0.1) is 0 Å². The van der Waals surface area contributed by atoms with Gasteiger partial charge >= 0.3 is 0 Å². The van der Waals surface area contributed by atoms with Gasteiger partial charge in [0.1, 0.15) is 6.61 Å². The fourth-order valence-corrected chi connectivity index (χ4v) is 0.954. The summed E-state index contributed by atoms with van der Waals surface area (Å²) >= 11 is 0. The maximum Gasteiger partial charge on any atom is 0.165 e. The minimum absolute atomic E-state index is 0.593. The van der Waals surface area contributed by atoms with Gasteiger partial charge in [0, 0.05) is 12.0 Å². The van der Waals surface area contributed by atoms with Crippen LogP contribution >= 0.6 is 0 Å². The van der Waals surface area contributed by atoms with Crippen molar-refractivity contribution in [1.29, 1.82) is 0 Å². The van der Waals surface area contributed by atoms with Gasteiger partial charge in [0.25, 0.3) is 0 Å². The van der Waals surface area contributed by atoms with E-state index in [4.69, 9.17) is 9.26 Å². The maximum absolute atomic E-state index is 5.12. The minimum atomic E-state index is 0.593. The summed E-state index contributed by atoms with van der Waals surface area (Å²) in [5.74, 6) is 0.890. The van der Waals surface area contributed by atoms with Crippen molar-refractivity contribution in [2.45, 2.75) is 13.0 Å². The number of nitrogens with zero attached hydrogens (tertiary/aromatic N) is 1.